The molecule has 2 aromatic heterocycles. The van der Waals surface area contributed by atoms with Crippen molar-refractivity contribution in [3.8, 4) is 5.75 Å². The Bertz CT molecular complexity index is 1070. The molecule has 0 aliphatic heterocycles. The first-order chi connectivity index (χ1) is 13.6. The van der Waals surface area contributed by atoms with Crippen LogP contribution in [-0.4, -0.2) is 51.3 Å². The molecular weight excluding hydrogens is 380 g/mol. The fraction of sp³-hybridized carbons (Fsp3) is 0.316. The number of nitrogens with zero attached hydrogens (tertiary/aromatic N) is 4. The zero-order valence-corrected chi connectivity index (χ0v) is 16.2. The van der Waals surface area contributed by atoms with Crippen LogP contribution < -0.4 is 4.74 Å². The molecule has 0 fully saturated rings. The van der Waals surface area contributed by atoms with E-state index in [-0.39, 0.29) is 23.4 Å². The van der Waals surface area contributed by atoms with E-state index < -0.39 is 0 Å². The molecule has 144 valence electrons. The number of ketones is 1. The van der Waals surface area contributed by atoms with Crippen molar-refractivity contribution in [1.82, 2.24) is 19.6 Å². The fourth-order valence-electron chi connectivity index (χ4n) is 3.40. The van der Waals surface area contributed by atoms with Gasteiger partial charge < -0.3 is 9.47 Å². The van der Waals surface area contributed by atoms with E-state index in [0.717, 1.165) is 17.0 Å². The second-order valence-electron chi connectivity index (χ2n) is 6.36. The Kier molecular flexibility index (Phi) is 4.99. The summed E-state index contributed by atoms with van der Waals surface area (Å²) in [5.74, 6) is 0.924. The first kappa shape index (κ1) is 18.4. The number of methoxy groups -OCH3 is 2. The van der Waals surface area contributed by atoms with Crippen LogP contribution in [0.4, 0.5) is 0 Å². The summed E-state index contributed by atoms with van der Waals surface area (Å²) in [6.45, 7) is 0. The minimum Gasteiger partial charge on any atom is -0.496 e. The standard InChI is InChI=1S/C19H18N4O4S/c1-26-16-6-4-3-5-12(16)11-7-14-13(15(24)8-11)9-20-18-21-19(22-23(14)18)28-10-17(25)27-2/h3-6,9,11H,7-8,10H2,1-2H3. The maximum Gasteiger partial charge on any atom is 0.316 e. The second-order valence-corrected chi connectivity index (χ2v) is 7.30. The number of thioether (sulfide) groups is 1. The third kappa shape index (κ3) is 3.33. The molecule has 1 atom stereocenters. The molecule has 3 aromatic rings. The predicted octanol–water partition coefficient (Wildman–Crippen LogP) is 2.31. The van der Waals surface area contributed by atoms with E-state index in [9.17, 15) is 9.59 Å². The van der Waals surface area contributed by atoms with E-state index in [2.05, 4.69) is 19.8 Å². The number of ether oxygens (including phenoxy) is 2. The molecular formula is C19H18N4O4S. The van der Waals surface area contributed by atoms with E-state index in [1.165, 1.54) is 18.9 Å². The van der Waals surface area contributed by atoms with Crippen LogP contribution in [0.25, 0.3) is 5.78 Å². The number of carbonyl (C=O) groups excluding carboxylic acids is 2. The minimum absolute atomic E-state index is 0.0166. The van der Waals surface area contributed by atoms with Gasteiger partial charge in [0.25, 0.3) is 5.78 Å². The molecule has 0 spiro atoms. The summed E-state index contributed by atoms with van der Waals surface area (Å²) in [5, 5.41) is 4.87. The maximum atomic E-state index is 12.8. The number of benzene rings is 1. The number of Topliss-reactive ketones (excluding diaryl/α,β-unsaturated/α-hetero) is 1. The molecule has 0 radical (unpaired) electrons. The Morgan fingerprint density at radius 1 is 1.29 bits per heavy atom. The van der Waals surface area contributed by atoms with Gasteiger partial charge in [-0.25, -0.2) is 4.98 Å². The zero-order valence-electron chi connectivity index (χ0n) is 15.4. The van der Waals surface area contributed by atoms with Gasteiger partial charge in [0.2, 0.25) is 5.16 Å². The van der Waals surface area contributed by atoms with Gasteiger partial charge in [0.15, 0.2) is 5.78 Å². The Morgan fingerprint density at radius 3 is 2.89 bits per heavy atom. The van der Waals surface area contributed by atoms with Crippen LogP contribution in [0.5, 0.6) is 5.75 Å². The lowest BCUT2D eigenvalue weighted by Crippen LogP contribution is -2.22. The van der Waals surface area contributed by atoms with Crippen molar-refractivity contribution in [2.75, 3.05) is 20.0 Å². The highest BCUT2D eigenvalue weighted by molar-refractivity contribution is 7.99. The molecule has 9 heteroatoms. The first-order valence-electron chi connectivity index (χ1n) is 8.71. The Balaban J connectivity index is 1.71. The summed E-state index contributed by atoms with van der Waals surface area (Å²) in [4.78, 5) is 32.7. The molecule has 1 aliphatic carbocycles. The van der Waals surface area contributed by atoms with Gasteiger partial charge in [0.1, 0.15) is 5.75 Å². The normalized spacial score (nSPS) is 16.1. The quantitative estimate of drug-likeness (QED) is 0.477. The largest absolute Gasteiger partial charge is 0.496 e. The average Bonchev–Trinajstić information content (AvgIpc) is 3.15. The van der Waals surface area contributed by atoms with Gasteiger partial charge >= 0.3 is 5.97 Å². The molecule has 0 saturated heterocycles. The third-order valence-corrected chi connectivity index (χ3v) is 5.55. The average molecular weight is 398 g/mol. The van der Waals surface area contributed by atoms with Crippen molar-refractivity contribution in [3.05, 3.63) is 47.3 Å². The van der Waals surface area contributed by atoms with Crippen molar-refractivity contribution in [3.63, 3.8) is 0 Å². The number of hydrogen-bond donors (Lipinski definition) is 0. The summed E-state index contributed by atoms with van der Waals surface area (Å²) >= 11 is 1.17. The molecule has 0 bridgehead atoms. The molecule has 28 heavy (non-hydrogen) atoms. The van der Waals surface area contributed by atoms with Crippen LogP contribution >= 0.6 is 11.8 Å². The van der Waals surface area contributed by atoms with E-state index in [0.29, 0.717) is 29.3 Å². The molecule has 4 rings (SSSR count). The zero-order chi connectivity index (χ0) is 19.7. The summed E-state index contributed by atoms with van der Waals surface area (Å²) in [5.41, 5.74) is 2.33. The number of esters is 1. The van der Waals surface area contributed by atoms with Crippen molar-refractivity contribution in [2.24, 2.45) is 0 Å². The monoisotopic (exact) mass is 398 g/mol. The third-order valence-electron chi connectivity index (χ3n) is 4.74. The van der Waals surface area contributed by atoms with Crippen LogP contribution in [-0.2, 0) is 16.0 Å². The van der Waals surface area contributed by atoms with Crippen molar-refractivity contribution < 1.29 is 19.1 Å². The summed E-state index contributed by atoms with van der Waals surface area (Å²) < 4.78 is 11.7. The SMILES string of the molecule is COC(=O)CSc1nc2ncc3c(n2n1)CC(c1ccccc1OC)CC3=O. The number of para-hydroxylation sites is 1. The number of aromatic nitrogens is 4. The lowest BCUT2D eigenvalue weighted by molar-refractivity contribution is -0.137. The van der Waals surface area contributed by atoms with Gasteiger partial charge in [-0.1, -0.05) is 30.0 Å². The van der Waals surface area contributed by atoms with Gasteiger partial charge in [-0.3, -0.25) is 9.59 Å². The number of rotatable bonds is 5. The maximum absolute atomic E-state index is 12.8. The molecule has 0 saturated carbocycles. The minimum atomic E-state index is -0.356. The topological polar surface area (TPSA) is 95.7 Å². The Morgan fingerprint density at radius 2 is 2.11 bits per heavy atom. The highest BCUT2D eigenvalue weighted by atomic mass is 32.2. The van der Waals surface area contributed by atoms with Crippen LogP contribution in [0.3, 0.4) is 0 Å². The van der Waals surface area contributed by atoms with Crippen LogP contribution in [0.2, 0.25) is 0 Å². The summed E-state index contributed by atoms with van der Waals surface area (Å²) in [6.07, 6.45) is 2.57. The van der Waals surface area contributed by atoms with Gasteiger partial charge in [0.05, 0.1) is 31.2 Å². The lowest BCUT2D eigenvalue weighted by Gasteiger charge is -2.25. The number of fused-ring (bicyclic) bond motifs is 3. The van der Waals surface area contributed by atoms with Gasteiger partial charge in [-0.15, -0.1) is 5.10 Å². The van der Waals surface area contributed by atoms with Crippen molar-refractivity contribution in [2.45, 2.75) is 23.9 Å². The highest BCUT2D eigenvalue weighted by Gasteiger charge is 2.31. The molecule has 0 amide bonds. The molecule has 2 heterocycles. The van der Waals surface area contributed by atoms with E-state index >= 15 is 0 Å². The lowest BCUT2D eigenvalue weighted by atomic mass is 9.82. The number of carbonyl (C=O) groups is 2. The van der Waals surface area contributed by atoms with E-state index in [4.69, 9.17) is 4.74 Å². The molecule has 8 nitrogen and oxygen atoms in total. The van der Waals surface area contributed by atoms with Crippen molar-refractivity contribution >= 4 is 29.3 Å². The number of hydrogen-bond acceptors (Lipinski definition) is 8. The smallest absolute Gasteiger partial charge is 0.316 e. The summed E-state index contributed by atoms with van der Waals surface area (Å²) in [6, 6.07) is 7.73. The molecule has 0 N–H and O–H groups in total. The van der Waals surface area contributed by atoms with Gasteiger partial charge in [-0.05, 0) is 18.1 Å². The predicted molar refractivity (Wildman–Crippen MR) is 102 cm³/mol. The Labute approximate surface area is 165 Å². The van der Waals surface area contributed by atoms with Crippen LogP contribution in [0.1, 0.15) is 34.0 Å². The van der Waals surface area contributed by atoms with Gasteiger partial charge in [-0.2, -0.15) is 9.50 Å². The van der Waals surface area contributed by atoms with Crippen molar-refractivity contribution in [1.29, 1.82) is 0 Å². The summed E-state index contributed by atoms with van der Waals surface area (Å²) in [7, 11) is 2.96. The fourth-order valence-corrected chi connectivity index (χ4v) is 4.05. The van der Waals surface area contributed by atoms with Crippen LogP contribution in [0.15, 0.2) is 35.6 Å². The van der Waals surface area contributed by atoms with E-state index in [1.54, 1.807) is 17.8 Å². The highest BCUT2D eigenvalue weighted by Crippen LogP contribution is 2.36. The molecule has 1 unspecified atom stereocenters. The Hall–Kier alpha value is -2.94. The van der Waals surface area contributed by atoms with E-state index in [1.807, 2.05) is 24.3 Å². The second kappa shape index (κ2) is 7.59. The van der Waals surface area contributed by atoms with Gasteiger partial charge in [0, 0.05) is 18.5 Å². The van der Waals surface area contributed by atoms with Crippen LogP contribution in [0, 0.1) is 0 Å². The molecule has 1 aliphatic rings. The molecule has 1 aromatic carbocycles. The first-order valence-corrected chi connectivity index (χ1v) is 9.69.